The normalized spacial score (nSPS) is 10.0. The Morgan fingerprint density at radius 3 is 2.64 bits per heavy atom. The summed E-state index contributed by atoms with van der Waals surface area (Å²) < 4.78 is 4.72. The highest BCUT2D eigenvalue weighted by molar-refractivity contribution is 6.48. The Morgan fingerprint density at radius 2 is 2.07 bits per heavy atom. The third kappa shape index (κ3) is 2.29. The van der Waals surface area contributed by atoms with Crippen LogP contribution in [0, 0.1) is 0 Å². The summed E-state index contributed by atoms with van der Waals surface area (Å²) in [4.78, 5) is 15.0. The number of pyridine rings is 1. The van der Waals surface area contributed by atoms with Crippen LogP contribution in [0.25, 0.3) is 0 Å². The average molecular weight is 254 g/mol. The fourth-order valence-electron chi connectivity index (χ4n) is 0.785. The maximum absolute atomic E-state index is 11.3. The molecule has 0 saturated carbocycles. The van der Waals surface area contributed by atoms with Crippen molar-refractivity contribution < 1.29 is 9.53 Å². The molecule has 0 N–H and O–H groups in total. The molecule has 0 aliphatic carbocycles. The lowest BCUT2D eigenvalue weighted by molar-refractivity contribution is 0.0520. The highest BCUT2D eigenvalue weighted by atomic mass is 35.5. The molecule has 1 rings (SSSR count). The summed E-state index contributed by atoms with van der Waals surface area (Å²) in [7, 11) is 0. The Labute approximate surface area is 95.9 Å². The van der Waals surface area contributed by atoms with Crippen LogP contribution < -0.4 is 0 Å². The maximum Gasteiger partial charge on any atom is 0.358 e. The minimum Gasteiger partial charge on any atom is -0.461 e. The maximum atomic E-state index is 11.3. The second-order valence-corrected chi connectivity index (χ2v) is 3.47. The van der Waals surface area contributed by atoms with E-state index in [-0.39, 0.29) is 27.4 Å². The molecule has 0 saturated heterocycles. The van der Waals surface area contributed by atoms with Gasteiger partial charge in [-0.2, -0.15) is 0 Å². The monoisotopic (exact) mass is 253 g/mol. The second kappa shape index (κ2) is 4.82. The number of ether oxygens (including phenoxy) is 1. The molecule has 0 unspecified atom stereocenters. The minimum absolute atomic E-state index is 0.0117. The molecule has 76 valence electrons. The molecule has 0 aromatic carbocycles. The first-order valence-electron chi connectivity index (χ1n) is 3.74. The van der Waals surface area contributed by atoms with Gasteiger partial charge in [0.25, 0.3) is 0 Å². The zero-order chi connectivity index (χ0) is 10.7. The summed E-state index contributed by atoms with van der Waals surface area (Å²) in [6.45, 7) is 1.93. The van der Waals surface area contributed by atoms with Gasteiger partial charge in [0.1, 0.15) is 0 Å². The van der Waals surface area contributed by atoms with Crippen LogP contribution >= 0.6 is 34.8 Å². The summed E-state index contributed by atoms with van der Waals surface area (Å²) in [6.07, 6.45) is 1.25. The first-order valence-corrected chi connectivity index (χ1v) is 4.88. The molecule has 6 heteroatoms. The van der Waals surface area contributed by atoms with Gasteiger partial charge >= 0.3 is 5.97 Å². The van der Waals surface area contributed by atoms with Crippen molar-refractivity contribution in [2.75, 3.05) is 6.61 Å². The van der Waals surface area contributed by atoms with E-state index >= 15 is 0 Å². The highest BCUT2D eigenvalue weighted by Crippen LogP contribution is 2.31. The minimum atomic E-state index is -0.615. The van der Waals surface area contributed by atoms with Crippen LogP contribution in [0.1, 0.15) is 17.4 Å². The molecule has 0 fully saturated rings. The van der Waals surface area contributed by atoms with E-state index in [2.05, 4.69) is 4.98 Å². The Hall–Kier alpha value is -0.510. The fourth-order valence-corrected chi connectivity index (χ4v) is 1.34. The van der Waals surface area contributed by atoms with Crippen LogP contribution in [0.4, 0.5) is 0 Å². The molecule has 0 bridgehead atoms. The van der Waals surface area contributed by atoms with Crippen molar-refractivity contribution in [1.82, 2.24) is 4.98 Å². The van der Waals surface area contributed by atoms with Gasteiger partial charge in [-0.1, -0.05) is 34.8 Å². The number of nitrogens with zero attached hydrogens (tertiary/aromatic N) is 1. The summed E-state index contributed by atoms with van der Waals surface area (Å²) in [6, 6.07) is 0. The van der Waals surface area contributed by atoms with E-state index in [1.165, 1.54) is 6.20 Å². The lowest BCUT2D eigenvalue weighted by Gasteiger charge is -2.04. The molecule has 0 aliphatic heterocycles. The van der Waals surface area contributed by atoms with Crippen molar-refractivity contribution in [3.63, 3.8) is 0 Å². The second-order valence-electron chi connectivity index (χ2n) is 2.30. The van der Waals surface area contributed by atoms with Crippen molar-refractivity contribution in [1.29, 1.82) is 0 Å². The molecule has 1 heterocycles. The molecule has 3 nitrogen and oxygen atoms in total. The Kier molecular flexibility index (Phi) is 3.98. The molecule has 0 amide bonds. The van der Waals surface area contributed by atoms with E-state index in [9.17, 15) is 4.79 Å². The van der Waals surface area contributed by atoms with E-state index in [0.29, 0.717) is 0 Å². The first-order chi connectivity index (χ1) is 6.57. The van der Waals surface area contributed by atoms with Crippen LogP contribution in [0.2, 0.25) is 15.1 Å². The van der Waals surface area contributed by atoms with Gasteiger partial charge in [-0.3, -0.25) is 0 Å². The summed E-state index contributed by atoms with van der Waals surface area (Å²) >= 11 is 17.1. The standard InChI is InChI=1S/C8H6Cl3NO2/c1-2-14-8(13)7-6(11)5(10)4(9)3-12-7/h3H,2H2,1H3. The summed E-state index contributed by atoms with van der Waals surface area (Å²) in [5.74, 6) is -0.615. The Balaban J connectivity index is 3.11. The van der Waals surface area contributed by atoms with Gasteiger partial charge in [-0.15, -0.1) is 0 Å². The van der Waals surface area contributed by atoms with Crippen molar-refractivity contribution >= 4 is 40.8 Å². The molecule has 1 aromatic rings. The van der Waals surface area contributed by atoms with Crippen LogP contribution in [0.3, 0.4) is 0 Å². The van der Waals surface area contributed by atoms with Crippen LogP contribution in [-0.2, 0) is 4.74 Å². The fraction of sp³-hybridized carbons (Fsp3) is 0.250. The van der Waals surface area contributed by atoms with Gasteiger partial charge in [-0.25, -0.2) is 9.78 Å². The van der Waals surface area contributed by atoms with Crippen molar-refractivity contribution in [2.24, 2.45) is 0 Å². The predicted molar refractivity (Wildman–Crippen MR) is 55.2 cm³/mol. The van der Waals surface area contributed by atoms with Gasteiger partial charge < -0.3 is 4.74 Å². The number of carbonyl (C=O) groups is 1. The van der Waals surface area contributed by atoms with Gasteiger partial charge in [-0.05, 0) is 6.92 Å². The number of aromatic nitrogens is 1. The van der Waals surface area contributed by atoms with E-state index in [1.807, 2.05) is 0 Å². The van der Waals surface area contributed by atoms with Crippen LogP contribution in [0.5, 0.6) is 0 Å². The molecule has 0 aliphatic rings. The lowest BCUT2D eigenvalue weighted by atomic mass is 10.3. The molecule has 0 radical (unpaired) electrons. The van der Waals surface area contributed by atoms with E-state index < -0.39 is 5.97 Å². The number of halogens is 3. The van der Waals surface area contributed by atoms with Crippen LogP contribution in [0.15, 0.2) is 6.20 Å². The zero-order valence-electron chi connectivity index (χ0n) is 7.18. The number of rotatable bonds is 2. The van der Waals surface area contributed by atoms with Crippen molar-refractivity contribution in [2.45, 2.75) is 6.92 Å². The lowest BCUT2D eigenvalue weighted by Crippen LogP contribution is -2.08. The van der Waals surface area contributed by atoms with Gasteiger partial charge in [0, 0.05) is 6.20 Å². The van der Waals surface area contributed by atoms with Crippen molar-refractivity contribution in [3.8, 4) is 0 Å². The van der Waals surface area contributed by atoms with E-state index in [1.54, 1.807) is 6.92 Å². The quantitative estimate of drug-likeness (QED) is 0.761. The average Bonchev–Trinajstić information content (AvgIpc) is 2.15. The first kappa shape index (κ1) is 11.6. The largest absolute Gasteiger partial charge is 0.461 e. The number of hydrogen-bond acceptors (Lipinski definition) is 3. The van der Waals surface area contributed by atoms with E-state index in [0.717, 1.165) is 0 Å². The molecule has 0 atom stereocenters. The Morgan fingerprint density at radius 1 is 1.43 bits per heavy atom. The highest BCUT2D eigenvalue weighted by Gasteiger charge is 2.17. The molecular weight excluding hydrogens is 248 g/mol. The zero-order valence-corrected chi connectivity index (χ0v) is 9.45. The predicted octanol–water partition coefficient (Wildman–Crippen LogP) is 3.22. The third-order valence-electron chi connectivity index (χ3n) is 1.39. The van der Waals surface area contributed by atoms with E-state index in [4.69, 9.17) is 39.5 Å². The third-order valence-corrected chi connectivity index (χ3v) is 2.63. The summed E-state index contributed by atoms with van der Waals surface area (Å²) in [5.41, 5.74) is -0.0251. The molecule has 14 heavy (non-hydrogen) atoms. The van der Waals surface area contributed by atoms with Crippen LogP contribution in [-0.4, -0.2) is 17.6 Å². The molecular formula is C8H6Cl3NO2. The smallest absolute Gasteiger partial charge is 0.358 e. The summed E-state index contributed by atoms with van der Waals surface area (Å²) in [5, 5.41) is 0.314. The van der Waals surface area contributed by atoms with Gasteiger partial charge in [0.2, 0.25) is 0 Å². The SMILES string of the molecule is CCOC(=O)c1ncc(Cl)c(Cl)c1Cl. The van der Waals surface area contributed by atoms with Gasteiger partial charge in [0.15, 0.2) is 5.69 Å². The molecule has 1 aromatic heterocycles. The number of hydrogen-bond donors (Lipinski definition) is 0. The molecule has 0 spiro atoms. The Bertz CT molecular complexity index is 368. The number of carbonyl (C=O) groups excluding carboxylic acids is 1. The number of esters is 1. The topological polar surface area (TPSA) is 39.2 Å². The van der Waals surface area contributed by atoms with Gasteiger partial charge in [0.05, 0.1) is 21.7 Å². The van der Waals surface area contributed by atoms with Crippen molar-refractivity contribution in [3.05, 3.63) is 27.0 Å².